The van der Waals surface area contributed by atoms with Crippen LogP contribution in [0.4, 0.5) is 5.69 Å². The lowest BCUT2D eigenvalue weighted by Gasteiger charge is -2.19. The number of aryl methyl sites for hydroxylation is 3. The Labute approximate surface area is 171 Å². The van der Waals surface area contributed by atoms with Crippen LogP contribution in [0.3, 0.4) is 0 Å². The number of anilines is 1. The molecular formula is C24H27NO2S. The maximum absolute atomic E-state index is 11.8. The molecule has 4 heteroatoms. The number of carboxylic acid groups (broad SMARTS) is 1. The zero-order valence-electron chi connectivity index (χ0n) is 17.0. The Morgan fingerprint density at radius 2 is 1.79 bits per heavy atom. The molecule has 0 unspecified atom stereocenters. The van der Waals surface area contributed by atoms with E-state index in [4.69, 9.17) is 0 Å². The zero-order chi connectivity index (χ0) is 20.3. The van der Waals surface area contributed by atoms with Gasteiger partial charge in [-0.25, -0.2) is 4.79 Å². The highest BCUT2D eigenvalue weighted by Gasteiger charge is 2.19. The predicted molar refractivity (Wildman–Crippen MR) is 119 cm³/mol. The molecule has 3 nitrogen and oxygen atoms in total. The van der Waals surface area contributed by atoms with Crippen LogP contribution in [-0.4, -0.2) is 24.7 Å². The highest BCUT2D eigenvalue weighted by atomic mass is 32.1. The molecule has 1 heterocycles. The minimum atomic E-state index is -0.866. The summed E-state index contributed by atoms with van der Waals surface area (Å²) in [5.41, 5.74) is 6.99. The fourth-order valence-electron chi connectivity index (χ4n) is 3.40. The summed E-state index contributed by atoms with van der Waals surface area (Å²) in [6.07, 6.45) is 1.88. The molecule has 0 aliphatic heterocycles. The third-order valence-electron chi connectivity index (χ3n) is 5.18. The van der Waals surface area contributed by atoms with Crippen LogP contribution < -0.4 is 4.90 Å². The highest BCUT2D eigenvalue weighted by Crippen LogP contribution is 2.36. The molecule has 1 aromatic heterocycles. The number of carbonyl (C=O) groups is 1. The largest absolute Gasteiger partial charge is 0.477 e. The summed E-state index contributed by atoms with van der Waals surface area (Å²) in [7, 11) is 1.97. The number of hydrogen-bond acceptors (Lipinski definition) is 3. The van der Waals surface area contributed by atoms with Gasteiger partial charge >= 0.3 is 5.97 Å². The first-order chi connectivity index (χ1) is 13.4. The summed E-state index contributed by atoms with van der Waals surface area (Å²) in [6, 6.07) is 16.9. The van der Waals surface area contributed by atoms with Crippen molar-refractivity contribution in [3.63, 3.8) is 0 Å². The van der Waals surface area contributed by atoms with Gasteiger partial charge in [0.2, 0.25) is 0 Å². The summed E-state index contributed by atoms with van der Waals surface area (Å²) < 4.78 is 0. The second-order valence-electron chi connectivity index (χ2n) is 7.28. The normalized spacial score (nSPS) is 10.9. The van der Waals surface area contributed by atoms with E-state index >= 15 is 0 Å². The van der Waals surface area contributed by atoms with Gasteiger partial charge in [-0.3, -0.25) is 0 Å². The topological polar surface area (TPSA) is 40.5 Å². The fourth-order valence-corrected chi connectivity index (χ4v) is 4.45. The second kappa shape index (κ2) is 8.61. The van der Waals surface area contributed by atoms with Crippen molar-refractivity contribution in [1.29, 1.82) is 0 Å². The molecule has 3 rings (SSSR count). The molecule has 0 amide bonds. The van der Waals surface area contributed by atoms with Gasteiger partial charge in [0, 0.05) is 18.5 Å². The summed E-state index contributed by atoms with van der Waals surface area (Å²) >= 11 is 1.35. The fraction of sp³-hybridized carbons (Fsp3) is 0.292. The van der Waals surface area contributed by atoms with Gasteiger partial charge in [0.25, 0.3) is 0 Å². The number of rotatable bonds is 7. The summed E-state index contributed by atoms with van der Waals surface area (Å²) in [5, 5.41) is 9.70. The Kier molecular flexibility index (Phi) is 6.20. The minimum Gasteiger partial charge on any atom is -0.477 e. The van der Waals surface area contributed by atoms with Crippen molar-refractivity contribution in [3.8, 4) is 10.4 Å². The molecule has 146 valence electrons. The van der Waals surface area contributed by atoms with Crippen LogP contribution in [0.2, 0.25) is 0 Å². The van der Waals surface area contributed by atoms with Crippen molar-refractivity contribution in [2.45, 2.75) is 33.6 Å². The maximum atomic E-state index is 11.8. The first-order valence-corrected chi connectivity index (χ1v) is 10.4. The number of aromatic carboxylic acids is 1. The molecule has 0 atom stereocenters. The first-order valence-electron chi connectivity index (χ1n) is 9.62. The molecule has 0 saturated carbocycles. The van der Waals surface area contributed by atoms with Crippen molar-refractivity contribution in [2.75, 3.05) is 18.5 Å². The zero-order valence-corrected chi connectivity index (χ0v) is 17.8. The van der Waals surface area contributed by atoms with Gasteiger partial charge in [-0.2, -0.15) is 0 Å². The summed E-state index contributed by atoms with van der Waals surface area (Å²) in [4.78, 5) is 15.3. The maximum Gasteiger partial charge on any atom is 0.348 e. The molecule has 0 radical (unpaired) electrons. The first kappa shape index (κ1) is 20.2. The summed E-state index contributed by atoms with van der Waals surface area (Å²) in [5.74, 6) is -0.866. The van der Waals surface area contributed by atoms with Gasteiger partial charge in [-0.15, -0.1) is 11.3 Å². The highest BCUT2D eigenvalue weighted by molar-refractivity contribution is 7.18. The van der Waals surface area contributed by atoms with Crippen LogP contribution in [0.25, 0.3) is 10.4 Å². The smallest absolute Gasteiger partial charge is 0.348 e. The molecule has 2 aromatic carbocycles. The van der Waals surface area contributed by atoms with E-state index in [9.17, 15) is 9.90 Å². The average molecular weight is 394 g/mol. The molecule has 1 N–H and O–H groups in total. The third-order valence-corrected chi connectivity index (χ3v) is 6.34. The Morgan fingerprint density at radius 3 is 2.39 bits per heavy atom. The van der Waals surface area contributed by atoms with Gasteiger partial charge in [0.05, 0.1) is 5.69 Å². The van der Waals surface area contributed by atoms with E-state index in [0.717, 1.165) is 35.5 Å². The van der Waals surface area contributed by atoms with E-state index in [2.05, 4.69) is 68.1 Å². The molecule has 3 aromatic rings. The number of benzene rings is 2. The molecular weight excluding hydrogens is 366 g/mol. The van der Waals surface area contributed by atoms with Crippen LogP contribution in [0.15, 0.2) is 48.5 Å². The van der Waals surface area contributed by atoms with E-state index in [1.807, 2.05) is 13.1 Å². The van der Waals surface area contributed by atoms with Gasteiger partial charge in [0.15, 0.2) is 0 Å². The molecule has 0 aliphatic carbocycles. The molecule has 0 fully saturated rings. The third kappa shape index (κ3) is 4.45. The van der Waals surface area contributed by atoms with Crippen LogP contribution in [0.1, 0.15) is 38.8 Å². The van der Waals surface area contributed by atoms with E-state index in [-0.39, 0.29) is 0 Å². The Balaban J connectivity index is 1.83. The van der Waals surface area contributed by atoms with Gasteiger partial charge in [0.1, 0.15) is 4.88 Å². The molecule has 0 spiro atoms. The van der Waals surface area contributed by atoms with Crippen LogP contribution in [-0.2, 0) is 12.8 Å². The van der Waals surface area contributed by atoms with E-state index in [1.165, 1.54) is 33.6 Å². The van der Waals surface area contributed by atoms with Crippen LogP contribution >= 0.6 is 11.3 Å². The SMILES string of the molecule is CCc1ccc(-c2cc(N(C)CCc3ccc(C)cc3C)c(C(=O)O)s2)cc1. The van der Waals surface area contributed by atoms with Gasteiger partial charge < -0.3 is 10.0 Å². The Morgan fingerprint density at radius 1 is 1.07 bits per heavy atom. The lowest BCUT2D eigenvalue weighted by Crippen LogP contribution is -2.21. The van der Waals surface area contributed by atoms with Crippen molar-refractivity contribution in [1.82, 2.24) is 0 Å². The van der Waals surface area contributed by atoms with Crippen molar-refractivity contribution in [3.05, 3.63) is 75.7 Å². The van der Waals surface area contributed by atoms with E-state index in [0.29, 0.717) is 4.88 Å². The number of hydrogen-bond donors (Lipinski definition) is 1. The standard InChI is InChI=1S/C24H27NO2S/c1-5-18-7-10-20(11-8-18)22-15-21(23(28-22)24(26)27)25(4)13-12-19-9-6-16(2)14-17(19)3/h6-11,14-15H,5,12-13H2,1-4H3,(H,26,27). The van der Waals surface area contributed by atoms with Crippen molar-refractivity contribution >= 4 is 23.0 Å². The van der Waals surface area contributed by atoms with Crippen molar-refractivity contribution in [2.24, 2.45) is 0 Å². The van der Waals surface area contributed by atoms with Gasteiger partial charge in [-0.05, 0) is 55.0 Å². The number of carboxylic acids is 1. The van der Waals surface area contributed by atoms with E-state index in [1.54, 1.807) is 0 Å². The monoisotopic (exact) mass is 393 g/mol. The summed E-state index contributed by atoms with van der Waals surface area (Å²) in [6.45, 7) is 7.14. The number of nitrogens with zero attached hydrogens (tertiary/aromatic N) is 1. The minimum absolute atomic E-state index is 0.401. The van der Waals surface area contributed by atoms with Crippen LogP contribution in [0.5, 0.6) is 0 Å². The van der Waals surface area contributed by atoms with Crippen LogP contribution in [0, 0.1) is 13.8 Å². The molecule has 28 heavy (non-hydrogen) atoms. The van der Waals surface area contributed by atoms with Gasteiger partial charge in [-0.1, -0.05) is 55.0 Å². The molecule has 0 aliphatic rings. The quantitative estimate of drug-likeness (QED) is 0.537. The Bertz CT molecular complexity index is 973. The lowest BCUT2D eigenvalue weighted by atomic mass is 10.0. The second-order valence-corrected chi connectivity index (χ2v) is 8.33. The predicted octanol–water partition coefficient (Wildman–Crippen LogP) is 5.97. The van der Waals surface area contributed by atoms with Crippen molar-refractivity contribution < 1.29 is 9.90 Å². The lowest BCUT2D eigenvalue weighted by molar-refractivity contribution is 0.0703. The number of thiophene rings is 1. The van der Waals surface area contributed by atoms with E-state index < -0.39 is 5.97 Å². The number of likely N-dealkylation sites (N-methyl/N-ethyl adjacent to an activating group) is 1. The Hall–Kier alpha value is -2.59. The molecule has 0 bridgehead atoms. The molecule has 0 saturated heterocycles. The average Bonchev–Trinajstić information content (AvgIpc) is 3.13.